The van der Waals surface area contributed by atoms with E-state index in [1.807, 2.05) is 4.98 Å². The van der Waals surface area contributed by atoms with Crippen LogP contribution >= 0.6 is 0 Å². The number of aromatic nitrogens is 3. The molecule has 3 heterocycles. The zero-order valence-corrected chi connectivity index (χ0v) is 17.9. The van der Waals surface area contributed by atoms with Crippen LogP contribution in [0.1, 0.15) is 24.9 Å². The first-order valence-corrected chi connectivity index (χ1v) is 10.2. The van der Waals surface area contributed by atoms with Gasteiger partial charge in [0, 0.05) is 24.4 Å². The van der Waals surface area contributed by atoms with Gasteiger partial charge in [-0.3, -0.25) is 24.1 Å². The lowest BCUT2D eigenvalue weighted by atomic mass is 9.92. The van der Waals surface area contributed by atoms with Crippen LogP contribution in [0.25, 0.3) is 0 Å². The maximum Gasteiger partial charge on any atom is 0.330 e. The first kappa shape index (κ1) is 25.2. The molecule has 184 valence electrons. The van der Waals surface area contributed by atoms with Gasteiger partial charge in [-0.2, -0.15) is 0 Å². The van der Waals surface area contributed by atoms with E-state index in [1.54, 1.807) is 12.1 Å². The van der Waals surface area contributed by atoms with Gasteiger partial charge in [-0.15, -0.1) is 0 Å². The van der Waals surface area contributed by atoms with E-state index in [0.717, 1.165) is 16.8 Å². The molecule has 1 saturated heterocycles. The predicted octanol–water partition coefficient (Wildman–Crippen LogP) is -3.18. The second-order valence-corrected chi connectivity index (χ2v) is 7.90. The minimum atomic E-state index is -1.87. The number of nitrogens with zero attached hydrogens (tertiary/aromatic N) is 2. The van der Waals surface area contributed by atoms with Crippen LogP contribution < -0.4 is 22.3 Å². The van der Waals surface area contributed by atoms with Crippen LogP contribution in [0, 0.1) is 5.92 Å². The second-order valence-electron chi connectivity index (χ2n) is 7.90. The third-order valence-corrected chi connectivity index (χ3v) is 5.65. The van der Waals surface area contributed by atoms with Gasteiger partial charge in [0.25, 0.3) is 5.56 Å². The van der Waals surface area contributed by atoms with E-state index in [2.05, 4.69) is 10.3 Å². The summed E-state index contributed by atoms with van der Waals surface area (Å²) in [5, 5.41) is 43.0. The lowest BCUT2D eigenvalue weighted by Gasteiger charge is -2.28. The molecule has 0 saturated carbocycles. The van der Waals surface area contributed by atoms with E-state index >= 15 is 0 Å². The number of rotatable bonds is 8. The van der Waals surface area contributed by atoms with E-state index < -0.39 is 71.8 Å². The number of nitrogens with one attached hydrogen (secondary N) is 2. The van der Waals surface area contributed by atoms with Crippen LogP contribution in [0.15, 0.2) is 46.2 Å². The topological polar surface area (TPSA) is 230 Å². The molecule has 3 rings (SSSR count). The highest BCUT2D eigenvalue weighted by atomic mass is 16.6. The van der Waals surface area contributed by atoms with Crippen molar-refractivity contribution in [3.8, 4) is 0 Å². The van der Waals surface area contributed by atoms with Crippen LogP contribution in [0.5, 0.6) is 0 Å². The van der Waals surface area contributed by atoms with Gasteiger partial charge in [-0.1, -0.05) is 13.0 Å². The molecule has 1 fully saturated rings. The Hall–Kier alpha value is -3.43. The van der Waals surface area contributed by atoms with Crippen LogP contribution in [-0.4, -0.2) is 77.2 Å². The van der Waals surface area contributed by atoms with Crippen molar-refractivity contribution in [1.82, 2.24) is 19.9 Å². The van der Waals surface area contributed by atoms with E-state index in [9.17, 15) is 39.6 Å². The minimum Gasteiger partial charge on any atom is -0.480 e. The highest BCUT2D eigenvalue weighted by Crippen LogP contribution is 2.30. The molecule has 2 aromatic rings. The molecule has 1 amide bonds. The number of hydrogen-bond acceptors (Lipinski definition) is 10. The monoisotopic (exact) mass is 479 g/mol. The van der Waals surface area contributed by atoms with Crippen molar-refractivity contribution in [3.05, 3.63) is 63.2 Å². The molecule has 1 aliphatic heterocycles. The van der Waals surface area contributed by atoms with E-state index in [4.69, 9.17) is 10.5 Å². The summed E-state index contributed by atoms with van der Waals surface area (Å²) in [6.45, 7) is 1.47. The van der Waals surface area contributed by atoms with Crippen molar-refractivity contribution in [2.24, 2.45) is 11.7 Å². The van der Waals surface area contributed by atoms with E-state index in [-0.39, 0.29) is 5.69 Å². The number of aliphatic carboxylic acids is 1. The normalized spacial score (nSPS) is 25.8. The number of amides is 1. The third kappa shape index (κ3) is 5.05. The largest absolute Gasteiger partial charge is 0.480 e. The lowest BCUT2D eigenvalue weighted by molar-refractivity contribution is -0.149. The molecule has 0 radical (unpaired) electrons. The van der Waals surface area contributed by atoms with Crippen molar-refractivity contribution in [2.45, 2.75) is 49.7 Å². The number of carboxylic acid groups (broad SMARTS) is 1. The van der Waals surface area contributed by atoms with Crippen molar-refractivity contribution < 1.29 is 34.8 Å². The fourth-order valence-electron chi connectivity index (χ4n) is 3.61. The van der Waals surface area contributed by atoms with Crippen LogP contribution in [0.4, 0.5) is 0 Å². The first-order valence-electron chi connectivity index (χ1n) is 10.2. The van der Waals surface area contributed by atoms with Crippen molar-refractivity contribution in [3.63, 3.8) is 0 Å². The number of carboxylic acids is 1. The molecule has 1 aliphatic rings. The maximum atomic E-state index is 12.7. The number of aliphatic hydroxyl groups is 3. The Morgan fingerprint density at radius 2 is 1.94 bits per heavy atom. The molecule has 8 N–H and O–H groups in total. The summed E-state index contributed by atoms with van der Waals surface area (Å²) in [5.41, 5.74) is 4.53. The molecule has 0 aromatic carbocycles. The molecule has 0 spiro atoms. The molecule has 0 unspecified atom stereocenters. The number of nitrogens with two attached hydrogens (primary N) is 1. The fourth-order valence-corrected chi connectivity index (χ4v) is 3.61. The van der Waals surface area contributed by atoms with E-state index in [0.29, 0.717) is 0 Å². The van der Waals surface area contributed by atoms with Gasteiger partial charge >= 0.3 is 11.7 Å². The summed E-state index contributed by atoms with van der Waals surface area (Å²) in [5.74, 6) is -3.45. The molecule has 34 heavy (non-hydrogen) atoms. The maximum absolute atomic E-state index is 12.7. The third-order valence-electron chi connectivity index (χ3n) is 5.65. The second kappa shape index (κ2) is 10.2. The first-order chi connectivity index (χ1) is 16.0. The number of carbonyl (C=O) groups is 2. The average molecular weight is 479 g/mol. The zero-order valence-electron chi connectivity index (χ0n) is 17.9. The van der Waals surface area contributed by atoms with Gasteiger partial charge < -0.3 is 36.2 Å². The highest BCUT2D eigenvalue weighted by molar-refractivity contribution is 5.87. The SMILES string of the molecule is C[C@H]([C@@H](N)C(=O)N[C@@H](C(=O)O)[C@H]1O[C@@H](n2ccc(=O)[nH]c2=O)[C@H](O)[C@H]1O)[C@@H](O)c1ccccn1. The Morgan fingerprint density at radius 3 is 2.53 bits per heavy atom. The van der Waals surface area contributed by atoms with Crippen molar-refractivity contribution in [2.75, 3.05) is 0 Å². The Labute approximate surface area is 191 Å². The molecular weight excluding hydrogens is 454 g/mol. The van der Waals surface area contributed by atoms with Crippen LogP contribution in [0.3, 0.4) is 0 Å². The molecule has 14 nitrogen and oxygen atoms in total. The summed E-state index contributed by atoms with van der Waals surface area (Å²) in [6.07, 6.45) is -5.56. The quantitative estimate of drug-likeness (QED) is 0.199. The van der Waals surface area contributed by atoms with Gasteiger partial charge in [0.15, 0.2) is 12.3 Å². The Balaban J connectivity index is 1.76. The highest BCUT2D eigenvalue weighted by Gasteiger charge is 2.50. The van der Waals surface area contributed by atoms with Gasteiger partial charge in [0.2, 0.25) is 5.91 Å². The number of hydrogen-bond donors (Lipinski definition) is 7. The minimum absolute atomic E-state index is 0.264. The Morgan fingerprint density at radius 1 is 1.24 bits per heavy atom. The fraction of sp³-hybridized carbons (Fsp3) is 0.450. The van der Waals surface area contributed by atoms with Crippen molar-refractivity contribution in [1.29, 1.82) is 0 Å². The summed E-state index contributed by atoms with van der Waals surface area (Å²) >= 11 is 0. The predicted molar refractivity (Wildman–Crippen MR) is 113 cm³/mol. The number of pyridine rings is 1. The Bertz CT molecular complexity index is 1140. The number of carbonyl (C=O) groups excluding carboxylic acids is 1. The number of H-pyrrole nitrogens is 1. The van der Waals surface area contributed by atoms with Gasteiger partial charge in [0.1, 0.15) is 24.4 Å². The number of ether oxygens (including phenoxy) is 1. The van der Waals surface area contributed by atoms with Crippen LogP contribution in [0.2, 0.25) is 0 Å². The molecule has 0 bridgehead atoms. The molecular formula is C20H25N5O9. The lowest BCUT2D eigenvalue weighted by Crippen LogP contribution is -2.57. The zero-order chi connectivity index (χ0) is 25.2. The van der Waals surface area contributed by atoms with Gasteiger partial charge in [0.05, 0.1) is 11.7 Å². The van der Waals surface area contributed by atoms with Gasteiger partial charge in [-0.05, 0) is 12.1 Å². The standard InChI is InChI=1S/C20H25N5O9/c1-8(13(27)9-4-2-3-6-22-9)11(21)17(30)24-12(19(31)32)16-14(28)15(29)18(34-16)25-7-5-10(26)23-20(25)33/h2-8,11-16,18,27-29H,21H2,1H3,(H,24,30)(H,31,32)(H,23,26,33)/t8-,11-,12-,13-,14-,15-,16-,18-/m1/s1. The summed E-state index contributed by atoms with van der Waals surface area (Å²) in [4.78, 5) is 53.8. The summed E-state index contributed by atoms with van der Waals surface area (Å²) < 4.78 is 6.19. The van der Waals surface area contributed by atoms with Gasteiger partial charge in [-0.25, -0.2) is 9.59 Å². The molecule has 8 atom stereocenters. The molecule has 14 heteroatoms. The summed E-state index contributed by atoms with van der Waals surface area (Å²) in [7, 11) is 0. The molecule has 0 aliphatic carbocycles. The molecule has 2 aromatic heterocycles. The number of aromatic amines is 1. The average Bonchev–Trinajstić information content (AvgIpc) is 3.10. The van der Waals surface area contributed by atoms with E-state index in [1.165, 1.54) is 19.2 Å². The smallest absolute Gasteiger partial charge is 0.330 e. The summed E-state index contributed by atoms with van der Waals surface area (Å²) in [6, 6.07) is 2.54. The number of aliphatic hydroxyl groups excluding tert-OH is 3. The van der Waals surface area contributed by atoms with Crippen LogP contribution in [-0.2, 0) is 14.3 Å². The van der Waals surface area contributed by atoms with Crippen molar-refractivity contribution >= 4 is 11.9 Å². The Kier molecular flexibility index (Phi) is 7.58.